The molecule has 3 amide bonds. The Hall–Kier alpha value is -4.66. The lowest BCUT2D eigenvalue weighted by atomic mass is 10.0. The average Bonchev–Trinajstić information content (AvgIpc) is 3.32. The minimum atomic E-state index is -1.08. The molecular weight excluding hydrogens is 651 g/mol. The van der Waals surface area contributed by atoms with Crippen LogP contribution in [0.2, 0.25) is 0 Å². The summed E-state index contributed by atoms with van der Waals surface area (Å²) in [6.07, 6.45) is 1.48. The SMILES string of the molecule is CN1CCN(C(=O)COc2ccc(-c3ccc(F)c(F)c3)cc2C=C2SC(=S)N(CCC(=O)Nc3ccc(C(=O)O)cc3)C2=O)CC1. The van der Waals surface area contributed by atoms with E-state index in [1.54, 1.807) is 29.2 Å². The maximum Gasteiger partial charge on any atom is 0.335 e. The first-order valence-corrected chi connectivity index (χ1v) is 15.8. The fourth-order valence-electron chi connectivity index (χ4n) is 4.90. The van der Waals surface area contributed by atoms with Crippen LogP contribution in [0.4, 0.5) is 14.5 Å². The molecular formula is C33H30F2N4O6S2. The number of ether oxygens (including phenoxy) is 1. The van der Waals surface area contributed by atoms with Gasteiger partial charge in [0.2, 0.25) is 5.91 Å². The van der Waals surface area contributed by atoms with Gasteiger partial charge in [-0.3, -0.25) is 19.3 Å². The Morgan fingerprint density at radius 3 is 2.34 bits per heavy atom. The number of anilines is 1. The lowest BCUT2D eigenvalue weighted by Gasteiger charge is -2.32. The number of nitrogens with one attached hydrogen (secondary N) is 1. The highest BCUT2D eigenvalue weighted by molar-refractivity contribution is 8.26. The summed E-state index contributed by atoms with van der Waals surface area (Å²) in [7, 11) is 1.99. The van der Waals surface area contributed by atoms with Crippen LogP contribution in [0.25, 0.3) is 17.2 Å². The van der Waals surface area contributed by atoms with Crippen molar-refractivity contribution in [2.24, 2.45) is 0 Å². The molecule has 3 aromatic carbocycles. The molecule has 244 valence electrons. The van der Waals surface area contributed by atoms with Gasteiger partial charge in [-0.15, -0.1) is 0 Å². The highest BCUT2D eigenvalue weighted by atomic mass is 32.2. The van der Waals surface area contributed by atoms with Crippen LogP contribution in [0, 0.1) is 11.6 Å². The van der Waals surface area contributed by atoms with Crippen LogP contribution in [-0.4, -0.2) is 94.2 Å². The normalized spacial score (nSPS) is 16.1. The number of carbonyl (C=O) groups is 4. The number of hydrogen-bond donors (Lipinski definition) is 2. The van der Waals surface area contributed by atoms with E-state index >= 15 is 0 Å². The topological polar surface area (TPSA) is 119 Å². The number of piperazine rings is 1. The highest BCUT2D eigenvalue weighted by Gasteiger charge is 2.32. The zero-order valence-electron chi connectivity index (χ0n) is 25.2. The Morgan fingerprint density at radius 2 is 1.66 bits per heavy atom. The molecule has 0 unspecified atom stereocenters. The molecule has 2 heterocycles. The first-order valence-electron chi connectivity index (χ1n) is 14.6. The smallest absolute Gasteiger partial charge is 0.335 e. The number of nitrogens with zero attached hydrogens (tertiary/aromatic N) is 3. The van der Waals surface area contributed by atoms with E-state index in [9.17, 15) is 28.0 Å². The van der Waals surface area contributed by atoms with Crippen molar-refractivity contribution < 1.29 is 37.8 Å². The van der Waals surface area contributed by atoms with Crippen molar-refractivity contribution in [3.8, 4) is 16.9 Å². The summed E-state index contributed by atoms with van der Waals surface area (Å²) in [6, 6.07) is 14.1. The van der Waals surface area contributed by atoms with Crippen LogP contribution in [0.1, 0.15) is 22.3 Å². The minimum absolute atomic E-state index is 0.00116. The monoisotopic (exact) mass is 680 g/mol. The molecule has 10 nitrogen and oxygen atoms in total. The largest absolute Gasteiger partial charge is 0.483 e. The zero-order valence-corrected chi connectivity index (χ0v) is 26.8. The number of thioether (sulfide) groups is 1. The van der Waals surface area contributed by atoms with E-state index in [-0.39, 0.29) is 40.3 Å². The van der Waals surface area contributed by atoms with Crippen molar-refractivity contribution >= 4 is 63.8 Å². The molecule has 0 saturated carbocycles. The van der Waals surface area contributed by atoms with E-state index < -0.39 is 29.4 Å². The van der Waals surface area contributed by atoms with Crippen LogP contribution in [0.15, 0.2) is 65.6 Å². The number of hydrogen-bond acceptors (Lipinski definition) is 8. The van der Waals surface area contributed by atoms with Gasteiger partial charge >= 0.3 is 5.97 Å². The molecule has 2 aliphatic rings. The summed E-state index contributed by atoms with van der Waals surface area (Å²) in [6.45, 7) is 2.44. The second kappa shape index (κ2) is 14.8. The molecule has 5 rings (SSSR count). The van der Waals surface area contributed by atoms with E-state index in [2.05, 4.69) is 10.2 Å². The lowest BCUT2D eigenvalue weighted by molar-refractivity contribution is -0.135. The van der Waals surface area contributed by atoms with Gasteiger partial charge in [0.1, 0.15) is 10.1 Å². The molecule has 47 heavy (non-hydrogen) atoms. The Bertz CT molecular complexity index is 1760. The average molecular weight is 681 g/mol. The van der Waals surface area contributed by atoms with Crippen LogP contribution < -0.4 is 10.1 Å². The van der Waals surface area contributed by atoms with Crippen LogP contribution in [-0.2, 0) is 14.4 Å². The third kappa shape index (κ3) is 8.39. The predicted octanol–water partition coefficient (Wildman–Crippen LogP) is 4.71. The molecule has 0 atom stereocenters. The number of rotatable bonds is 10. The number of aromatic carboxylic acids is 1. The third-order valence-electron chi connectivity index (χ3n) is 7.61. The van der Waals surface area contributed by atoms with E-state index in [1.165, 1.54) is 35.2 Å². The van der Waals surface area contributed by atoms with Crippen molar-refractivity contribution in [2.75, 3.05) is 51.7 Å². The van der Waals surface area contributed by atoms with Crippen LogP contribution in [0.5, 0.6) is 5.75 Å². The standard InChI is InChI=1S/C33H30F2N4O6S2/c1-37-12-14-38(15-13-37)30(41)19-45-27-9-5-21(22-4-8-25(34)26(35)17-22)16-23(27)18-28-31(42)39(33(46)47-28)11-10-29(40)36-24-6-2-20(3-7-24)32(43)44/h2-9,16-18H,10-15,19H2,1H3,(H,36,40)(H,43,44). The Kier molecular flexibility index (Phi) is 10.6. The molecule has 2 saturated heterocycles. The Labute approximate surface area is 279 Å². The minimum Gasteiger partial charge on any atom is -0.483 e. The van der Waals surface area contributed by atoms with Gasteiger partial charge in [0.15, 0.2) is 18.2 Å². The molecule has 2 fully saturated rings. The number of thiocarbonyl (C=S) groups is 1. The summed E-state index contributed by atoms with van der Waals surface area (Å²) < 4.78 is 33.8. The van der Waals surface area contributed by atoms with Crippen molar-refractivity contribution in [2.45, 2.75) is 6.42 Å². The first kappa shape index (κ1) is 33.7. The molecule has 0 spiro atoms. The third-order valence-corrected chi connectivity index (χ3v) is 8.99. The predicted molar refractivity (Wildman–Crippen MR) is 178 cm³/mol. The number of carboxylic acids is 1. The van der Waals surface area contributed by atoms with Gasteiger partial charge in [-0.25, -0.2) is 13.6 Å². The van der Waals surface area contributed by atoms with Gasteiger partial charge in [-0.2, -0.15) is 0 Å². The molecule has 2 aliphatic heterocycles. The fraction of sp³-hybridized carbons (Fsp3) is 0.242. The molecule has 2 N–H and O–H groups in total. The van der Waals surface area contributed by atoms with Crippen LogP contribution in [0.3, 0.4) is 0 Å². The Morgan fingerprint density at radius 1 is 0.979 bits per heavy atom. The summed E-state index contributed by atoms with van der Waals surface area (Å²) in [5, 5.41) is 11.7. The first-order chi connectivity index (χ1) is 22.5. The number of amides is 3. The summed E-state index contributed by atoms with van der Waals surface area (Å²) in [4.78, 5) is 55.3. The Balaban J connectivity index is 1.32. The van der Waals surface area contributed by atoms with Crippen molar-refractivity contribution in [1.29, 1.82) is 0 Å². The fourth-order valence-corrected chi connectivity index (χ4v) is 6.20. The molecule has 0 radical (unpaired) electrons. The molecule has 0 aromatic heterocycles. The van der Waals surface area contributed by atoms with Gasteiger partial charge in [0.25, 0.3) is 11.8 Å². The summed E-state index contributed by atoms with van der Waals surface area (Å²) in [5.74, 6) is -3.79. The maximum absolute atomic E-state index is 14.0. The molecule has 0 aliphatic carbocycles. The second-order valence-corrected chi connectivity index (χ2v) is 12.5. The maximum atomic E-state index is 14.0. The van der Waals surface area contributed by atoms with Crippen molar-refractivity contribution in [1.82, 2.24) is 14.7 Å². The molecule has 0 bridgehead atoms. The molecule has 3 aromatic rings. The van der Waals surface area contributed by atoms with Gasteiger partial charge in [-0.1, -0.05) is 36.1 Å². The van der Waals surface area contributed by atoms with E-state index in [1.807, 2.05) is 7.05 Å². The van der Waals surface area contributed by atoms with Gasteiger partial charge < -0.3 is 25.0 Å². The van der Waals surface area contributed by atoms with Crippen molar-refractivity contribution in [3.05, 3.63) is 88.3 Å². The van der Waals surface area contributed by atoms with Crippen LogP contribution >= 0.6 is 24.0 Å². The quantitative estimate of drug-likeness (QED) is 0.232. The number of carbonyl (C=O) groups excluding carboxylic acids is 3. The van der Waals surface area contributed by atoms with Gasteiger partial charge in [0, 0.05) is 50.4 Å². The number of carboxylic acid groups (broad SMARTS) is 1. The summed E-state index contributed by atoms with van der Waals surface area (Å²) in [5.41, 5.74) is 1.83. The summed E-state index contributed by atoms with van der Waals surface area (Å²) >= 11 is 6.47. The van der Waals surface area contributed by atoms with Gasteiger partial charge in [-0.05, 0) is 72.8 Å². The zero-order chi connectivity index (χ0) is 33.7. The van der Waals surface area contributed by atoms with E-state index in [0.717, 1.165) is 37.0 Å². The van der Waals surface area contributed by atoms with Crippen molar-refractivity contribution in [3.63, 3.8) is 0 Å². The number of benzene rings is 3. The second-order valence-electron chi connectivity index (χ2n) is 10.9. The van der Waals surface area contributed by atoms with E-state index in [4.69, 9.17) is 22.1 Å². The number of likely N-dealkylation sites (N-methyl/N-ethyl adjacent to an activating group) is 1. The number of halogens is 2. The molecule has 14 heteroatoms. The van der Waals surface area contributed by atoms with Gasteiger partial charge in [0.05, 0.1) is 10.5 Å². The highest BCUT2D eigenvalue weighted by Crippen LogP contribution is 2.36. The van der Waals surface area contributed by atoms with E-state index in [0.29, 0.717) is 41.2 Å². The lowest BCUT2D eigenvalue weighted by Crippen LogP contribution is -2.48.